The molecule has 15 heavy (non-hydrogen) atoms. The van der Waals surface area contributed by atoms with E-state index < -0.39 is 5.91 Å². The average Bonchev–Trinajstić information content (AvgIpc) is 2.25. The molecule has 0 aromatic rings. The molecule has 0 heterocycles. The Labute approximate surface area is 92.1 Å². The molecule has 0 N–H and O–H groups in total. The summed E-state index contributed by atoms with van der Waals surface area (Å²) in [4.78, 5) is 22.2. The van der Waals surface area contributed by atoms with Gasteiger partial charge in [-0.3, -0.25) is 0 Å². The Morgan fingerprint density at radius 3 is 1.53 bits per heavy atom. The van der Waals surface area contributed by atoms with E-state index >= 15 is 0 Å². The number of rotatable bonds is 9. The molecule has 92 valence electrons. The van der Waals surface area contributed by atoms with Crippen molar-refractivity contribution in [1.29, 1.82) is 0 Å². The standard InChI is InChI=1S/C10H23NO4/c1-6-11(7-2)10(5,14-12-8-3)15-13-9-4/h6-9H2,1-5H3. The zero-order chi connectivity index (χ0) is 11.7. The zero-order valence-corrected chi connectivity index (χ0v) is 10.4. The Balaban J connectivity index is 4.35. The zero-order valence-electron chi connectivity index (χ0n) is 10.4. The monoisotopic (exact) mass is 221 g/mol. The first-order chi connectivity index (χ1) is 7.14. The Bertz CT molecular complexity index is 142. The summed E-state index contributed by atoms with van der Waals surface area (Å²) in [5.74, 6) is -0.991. The minimum Gasteiger partial charge on any atom is -0.249 e. The van der Waals surface area contributed by atoms with Crippen LogP contribution in [0.2, 0.25) is 0 Å². The lowest BCUT2D eigenvalue weighted by Crippen LogP contribution is -2.50. The second kappa shape index (κ2) is 8.01. The first-order valence-electron chi connectivity index (χ1n) is 5.50. The van der Waals surface area contributed by atoms with E-state index in [-0.39, 0.29) is 0 Å². The van der Waals surface area contributed by atoms with Crippen LogP contribution in [0.5, 0.6) is 0 Å². The molecule has 0 aromatic heterocycles. The van der Waals surface area contributed by atoms with Gasteiger partial charge in [0.15, 0.2) is 0 Å². The maximum atomic E-state index is 5.20. The number of hydrogen-bond donors (Lipinski definition) is 0. The minimum atomic E-state index is -0.991. The van der Waals surface area contributed by atoms with Crippen molar-refractivity contribution >= 4 is 0 Å². The maximum Gasteiger partial charge on any atom is 0.286 e. The van der Waals surface area contributed by atoms with Gasteiger partial charge < -0.3 is 0 Å². The van der Waals surface area contributed by atoms with Crippen LogP contribution in [0.4, 0.5) is 0 Å². The van der Waals surface area contributed by atoms with Crippen LogP contribution < -0.4 is 0 Å². The first-order valence-corrected chi connectivity index (χ1v) is 5.50. The molecule has 0 saturated carbocycles. The fourth-order valence-corrected chi connectivity index (χ4v) is 1.25. The molecular formula is C10H23NO4. The van der Waals surface area contributed by atoms with Crippen LogP contribution in [0.3, 0.4) is 0 Å². The fraction of sp³-hybridized carbons (Fsp3) is 1.00. The average molecular weight is 221 g/mol. The normalized spacial score (nSPS) is 12.4. The lowest BCUT2D eigenvalue weighted by atomic mass is 10.4. The van der Waals surface area contributed by atoms with Gasteiger partial charge >= 0.3 is 0 Å². The van der Waals surface area contributed by atoms with Gasteiger partial charge in [0.2, 0.25) is 0 Å². The summed E-state index contributed by atoms with van der Waals surface area (Å²) in [6, 6.07) is 0. The SMILES string of the molecule is CCOOC(C)(OOCC)N(CC)CC. The van der Waals surface area contributed by atoms with E-state index in [0.717, 1.165) is 13.1 Å². The molecule has 0 radical (unpaired) electrons. The second-order valence-corrected chi connectivity index (χ2v) is 3.05. The largest absolute Gasteiger partial charge is 0.286 e. The van der Waals surface area contributed by atoms with Crippen molar-refractivity contribution in [3.05, 3.63) is 0 Å². The summed E-state index contributed by atoms with van der Waals surface area (Å²) in [5.41, 5.74) is 0. The Kier molecular flexibility index (Phi) is 7.90. The van der Waals surface area contributed by atoms with Crippen molar-refractivity contribution < 1.29 is 19.6 Å². The van der Waals surface area contributed by atoms with Gasteiger partial charge in [-0.1, -0.05) is 13.8 Å². The highest BCUT2D eigenvalue weighted by molar-refractivity contribution is 4.61. The highest BCUT2D eigenvalue weighted by Crippen LogP contribution is 2.19. The molecule has 0 aliphatic rings. The predicted molar refractivity (Wildman–Crippen MR) is 56.7 cm³/mol. The molecule has 0 fully saturated rings. The third-order valence-electron chi connectivity index (χ3n) is 2.00. The van der Waals surface area contributed by atoms with Crippen LogP contribution >= 0.6 is 0 Å². The smallest absolute Gasteiger partial charge is 0.249 e. The van der Waals surface area contributed by atoms with E-state index in [0.29, 0.717) is 13.2 Å². The van der Waals surface area contributed by atoms with Crippen molar-refractivity contribution in [2.45, 2.75) is 40.5 Å². The van der Waals surface area contributed by atoms with Crippen LogP contribution in [0.25, 0.3) is 0 Å². The summed E-state index contributed by atoms with van der Waals surface area (Å²) in [7, 11) is 0. The summed E-state index contributed by atoms with van der Waals surface area (Å²) in [5, 5.41) is 0. The van der Waals surface area contributed by atoms with Crippen molar-refractivity contribution in [3.63, 3.8) is 0 Å². The van der Waals surface area contributed by atoms with Gasteiger partial charge in [-0.05, 0) is 13.8 Å². The molecule has 0 saturated heterocycles. The molecule has 0 aliphatic carbocycles. The van der Waals surface area contributed by atoms with Gasteiger partial charge in [-0.2, -0.15) is 9.78 Å². The summed E-state index contributed by atoms with van der Waals surface area (Å²) in [6.45, 7) is 12.0. The molecule has 0 aliphatic heterocycles. The molecule has 0 atom stereocenters. The summed E-state index contributed by atoms with van der Waals surface area (Å²) in [6.07, 6.45) is 0. The molecule has 0 spiro atoms. The Morgan fingerprint density at radius 2 is 1.27 bits per heavy atom. The van der Waals surface area contributed by atoms with Crippen LogP contribution in [0, 0.1) is 0 Å². The summed E-state index contributed by atoms with van der Waals surface area (Å²) >= 11 is 0. The van der Waals surface area contributed by atoms with E-state index in [9.17, 15) is 0 Å². The van der Waals surface area contributed by atoms with Gasteiger partial charge in [0.05, 0.1) is 13.2 Å². The van der Waals surface area contributed by atoms with Crippen LogP contribution in [0.15, 0.2) is 0 Å². The molecule has 5 nitrogen and oxygen atoms in total. The molecule has 0 rings (SSSR count). The van der Waals surface area contributed by atoms with Crippen molar-refractivity contribution in [2.75, 3.05) is 26.3 Å². The van der Waals surface area contributed by atoms with Gasteiger partial charge in [0.25, 0.3) is 5.91 Å². The van der Waals surface area contributed by atoms with Crippen molar-refractivity contribution in [2.24, 2.45) is 0 Å². The second-order valence-electron chi connectivity index (χ2n) is 3.05. The molecule has 0 unspecified atom stereocenters. The van der Waals surface area contributed by atoms with E-state index in [2.05, 4.69) is 0 Å². The number of nitrogens with zero attached hydrogens (tertiary/aromatic N) is 1. The maximum absolute atomic E-state index is 5.20. The predicted octanol–water partition coefficient (Wildman–Crippen LogP) is 1.94. The van der Waals surface area contributed by atoms with Crippen LogP contribution in [-0.2, 0) is 19.6 Å². The highest BCUT2D eigenvalue weighted by Gasteiger charge is 2.35. The number of hydrogen-bond acceptors (Lipinski definition) is 5. The van der Waals surface area contributed by atoms with Crippen LogP contribution in [0.1, 0.15) is 34.6 Å². The molecule has 5 heteroatoms. The minimum absolute atomic E-state index is 0.465. The molecular weight excluding hydrogens is 198 g/mol. The Hall–Kier alpha value is -0.200. The van der Waals surface area contributed by atoms with Crippen molar-refractivity contribution in [1.82, 2.24) is 4.90 Å². The van der Waals surface area contributed by atoms with Crippen LogP contribution in [-0.4, -0.2) is 37.1 Å². The molecule has 0 bridgehead atoms. The third kappa shape index (κ3) is 4.90. The van der Waals surface area contributed by atoms with Crippen molar-refractivity contribution in [3.8, 4) is 0 Å². The van der Waals surface area contributed by atoms with E-state index in [4.69, 9.17) is 19.6 Å². The quantitative estimate of drug-likeness (QED) is 0.338. The first kappa shape index (κ1) is 14.8. The third-order valence-corrected chi connectivity index (χ3v) is 2.00. The topological polar surface area (TPSA) is 40.2 Å². The van der Waals surface area contributed by atoms with Gasteiger partial charge in [-0.15, -0.1) is 0 Å². The van der Waals surface area contributed by atoms with E-state index in [1.54, 1.807) is 6.92 Å². The fourth-order valence-electron chi connectivity index (χ4n) is 1.25. The molecule has 0 amide bonds. The van der Waals surface area contributed by atoms with E-state index in [1.807, 2.05) is 32.6 Å². The lowest BCUT2D eigenvalue weighted by Gasteiger charge is -2.35. The Morgan fingerprint density at radius 1 is 0.867 bits per heavy atom. The lowest BCUT2D eigenvalue weighted by molar-refractivity contribution is -0.539. The van der Waals surface area contributed by atoms with Gasteiger partial charge in [0, 0.05) is 20.0 Å². The van der Waals surface area contributed by atoms with E-state index in [1.165, 1.54) is 0 Å². The van der Waals surface area contributed by atoms with Gasteiger partial charge in [-0.25, -0.2) is 14.7 Å². The highest BCUT2D eigenvalue weighted by atomic mass is 17.3. The van der Waals surface area contributed by atoms with Gasteiger partial charge in [0.1, 0.15) is 0 Å². The molecule has 0 aromatic carbocycles. The summed E-state index contributed by atoms with van der Waals surface area (Å²) < 4.78 is 0.